The fraction of sp³-hybridized carbons (Fsp3) is 0.364. The van der Waals surface area contributed by atoms with Crippen LogP contribution < -0.4 is 4.74 Å². The minimum absolute atomic E-state index is 0.201. The van der Waals surface area contributed by atoms with Gasteiger partial charge in [-0.15, -0.1) is 0 Å². The van der Waals surface area contributed by atoms with Gasteiger partial charge in [0, 0.05) is 7.05 Å². The topological polar surface area (TPSA) is 29.5 Å². The zero-order valence-electron chi connectivity index (χ0n) is 8.14. The number of hydrogen-bond donors (Lipinski definition) is 0. The molecular weight excluding hydrogens is 178 g/mol. The summed E-state index contributed by atoms with van der Waals surface area (Å²) >= 11 is 0. The molecule has 3 nitrogen and oxygen atoms in total. The number of likely N-dealkylation sites (N-methyl/N-ethyl adjacent to an activating group) is 1. The first-order valence-corrected chi connectivity index (χ1v) is 4.71. The Labute approximate surface area is 83.3 Å². The summed E-state index contributed by atoms with van der Waals surface area (Å²) in [5, 5.41) is 0. The highest BCUT2D eigenvalue weighted by atomic mass is 16.5. The van der Waals surface area contributed by atoms with Crippen LogP contribution in [0.5, 0.6) is 5.75 Å². The molecule has 1 aliphatic heterocycles. The third-order valence-electron chi connectivity index (χ3n) is 2.54. The molecule has 0 bridgehead atoms. The predicted octanol–water partition coefficient (Wildman–Crippen LogP) is 1.30. The Balaban J connectivity index is 1.81. The molecule has 0 spiro atoms. The largest absolute Gasteiger partial charge is 0.491 e. The van der Waals surface area contributed by atoms with E-state index in [0.29, 0.717) is 13.0 Å². The molecule has 0 N–H and O–H groups in total. The van der Waals surface area contributed by atoms with Crippen LogP contribution in [0.15, 0.2) is 30.3 Å². The van der Waals surface area contributed by atoms with Gasteiger partial charge in [-0.25, -0.2) is 0 Å². The maximum Gasteiger partial charge on any atom is 0.224 e. The summed E-state index contributed by atoms with van der Waals surface area (Å²) in [7, 11) is 1.81. The smallest absolute Gasteiger partial charge is 0.224 e. The molecule has 1 aliphatic rings. The number of likely N-dealkylation sites (tertiary alicyclic amines) is 1. The van der Waals surface area contributed by atoms with Crippen molar-refractivity contribution in [3.8, 4) is 5.75 Å². The van der Waals surface area contributed by atoms with Crippen molar-refractivity contribution in [2.45, 2.75) is 12.5 Å². The molecule has 1 amide bonds. The van der Waals surface area contributed by atoms with Crippen LogP contribution in [0.25, 0.3) is 0 Å². The molecule has 1 saturated heterocycles. The Bertz CT molecular complexity index is 323. The van der Waals surface area contributed by atoms with Crippen molar-refractivity contribution in [1.82, 2.24) is 4.90 Å². The standard InChI is InChI=1S/C11H13NO2/c1-12-9(7-11(12)13)8-14-10-5-3-2-4-6-10/h2-6,9H,7-8H2,1H3/t9-/m1/s1. The van der Waals surface area contributed by atoms with Gasteiger partial charge < -0.3 is 9.64 Å². The van der Waals surface area contributed by atoms with Crippen LogP contribution in [0.2, 0.25) is 0 Å². The van der Waals surface area contributed by atoms with E-state index in [1.807, 2.05) is 37.4 Å². The molecule has 3 heteroatoms. The lowest BCUT2D eigenvalue weighted by Crippen LogP contribution is -2.52. The van der Waals surface area contributed by atoms with E-state index in [1.165, 1.54) is 0 Å². The average molecular weight is 191 g/mol. The van der Waals surface area contributed by atoms with Crippen molar-refractivity contribution in [2.24, 2.45) is 0 Å². The summed E-state index contributed by atoms with van der Waals surface area (Å²) in [6.07, 6.45) is 0.614. The fourth-order valence-corrected chi connectivity index (χ4v) is 1.45. The van der Waals surface area contributed by atoms with E-state index in [1.54, 1.807) is 4.90 Å². The maximum atomic E-state index is 10.9. The molecule has 1 aromatic carbocycles. The monoisotopic (exact) mass is 191 g/mol. The molecule has 0 aromatic heterocycles. The zero-order valence-corrected chi connectivity index (χ0v) is 8.14. The van der Waals surface area contributed by atoms with E-state index in [2.05, 4.69) is 0 Å². The second-order valence-corrected chi connectivity index (χ2v) is 3.49. The van der Waals surface area contributed by atoms with Gasteiger partial charge in [-0.05, 0) is 12.1 Å². The van der Waals surface area contributed by atoms with E-state index in [0.717, 1.165) is 5.75 Å². The van der Waals surface area contributed by atoms with Gasteiger partial charge in [0.1, 0.15) is 12.4 Å². The Kier molecular flexibility index (Phi) is 2.39. The van der Waals surface area contributed by atoms with Crippen LogP contribution in [0.3, 0.4) is 0 Å². The molecule has 0 unspecified atom stereocenters. The summed E-state index contributed by atoms with van der Waals surface area (Å²) < 4.78 is 5.53. The van der Waals surface area contributed by atoms with Crippen molar-refractivity contribution in [2.75, 3.05) is 13.7 Å². The van der Waals surface area contributed by atoms with E-state index in [9.17, 15) is 4.79 Å². The first-order chi connectivity index (χ1) is 6.77. The number of carbonyl (C=O) groups is 1. The number of nitrogens with zero attached hydrogens (tertiary/aromatic N) is 1. The Morgan fingerprint density at radius 3 is 2.71 bits per heavy atom. The molecule has 1 aromatic rings. The zero-order chi connectivity index (χ0) is 9.97. The van der Waals surface area contributed by atoms with Gasteiger partial charge in [0.05, 0.1) is 12.5 Å². The summed E-state index contributed by atoms with van der Waals surface area (Å²) in [6.45, 7) is 0.590. The van der Waals surface area contributed by atoms with Crippen molar-refractivity contribution >= 4 is 5.91 Å². The second-order valence-electron chi connectivity index (χ2n) is 3.49. The average Bonchev–Trinajstić information content (AvgIpc) is 2.25. The number of amides is 1. The van der Waals surface area contributed by atoms with E-state index in [-0.39, 0.29) is 11.9 Å². The van der Waals surface area contributed by atoms with Gasteiger partial charge in [-0.3, -0.25) is 4.79 Å². The van der Waals surface area contributed by atoms with Crippen LogP contribution in [-0.2, 0) is 4.79 Å². The normalized spacial score (nSPS) is 20.5. The lowest BCUT2D eigenvalue weighted by atomic mass is 10.1. The van der Waals surface area contributed by atoms with Crippen LogP contribution in [-0.4, -0.2) is 30.5 Å². The van der Waals surface area contributed by atoms with Gasteiger partial charge in [0.15, 0.2) is 0 Å². The molecule has 14 heavy (non-hydrogen) atoms. The van der Waals surface area contributed by atoms with Crippen molar-refractivity contribution in [1.29, 1.82) is 0 Å². The number of para-hydroxylation sites is 1. The first kappa shape index (κ1) is 9.06. The highest BCUT2D eigenvalue weighted by Gasteiger charge is 2.32. The molecule has 1 fully saturated rings. The van der Waals surface area contributed by atoms with Crippen LogP contribution in [0, 0.1) is 0 Å². The highest BCUT2D eigenvalue weighted by molar-refractivity contribution is 5.82. The van der Waals surface area contributed by atoms with Crippen molar-refractivity contribution in [3.05, 3.63) is 30.3 Å². The predicted molar refractivity (Wildman–Crippen MR) is 53.1 cm³/mol. The number of hydrogen-bond acceptors (Lipinski definition) is 2. The van der Waals surface area contributed by atoms with Gasteiger partial charge in [-0.2, -0.15) is 0 Å². The molecule has 0 saturated carbocycles. The van der Waals surface area contributed by atoms with Crippen molar-refractivity contribution in [3.63, 3.8) is 0 Å². The molecular formula is C11H13NO2. The lowest BCUT2D eigenvalue weighted by Gasteiger charge is -2.36. The van der Waals surface area contributed by atoms with E-state index >= 15 is 0 Å². The Morgan fingerprint density at radius 2 is 2.14 bits per heavy atom. The van der Waals surface area contributed by atoms with E-state index < -0.39 is 0 Å². The number of carbonyl (C=O) groups excluding carboxylic acids is 1. The highest BCUT2D eigenvalue weighted by Crippen LogP contribution is 2.18. The number of ether oxygens (including phenoxy) is 1. The Hall–Kier alpha value is -1.51. The minimum atomic E-state index is 0.201. The molecule has 2 rings (SSSR count). The van der Waals surface area contributed by atoms with E-state index in [4.69, 9.17) is 4.74 Å². The van der Waals surface area contributed by atoms with Crippen LogP contribution in [0.4, 0.5) is 0 Å². The second kappa shape index (κ2) is 3.70. The van der Waals surface area contributed by atoms with Crippen molar-refractivity contribution < 1.29 is 9.53 Å². The van der Waals surface area contributed by atoms with Gasteiger partial charge in [-0.1, -0.05) is 18.2 Å². The summed E-state index contributed by atoms with van der Waals surface area (Å²) in [5.74, 6) is 1.06. The summed E-state index contributed by atoms with van der Waals surface area (Å²) in [6, 6.07) is 9.91. The summed E-state index contributed by atoms with van der Waals surface area (Å²) in [5.41, 5.74) is 0. The van der Waals surface area contributed by atoms with Crippen LogP contribution >= 0.6 is 0 Å². The molecule has 1 heterocycles. The molecule has 1 atom stereocenters. The van der Waals surface area contributed by atoms with Crippen LogP contribution in [0.1, 0.15) is 6.42 Å². The number of rotatable bonds is 3. The van der Waals surface area contributed by atoms with Gasteiger partial charge in [0.25, 0.3) is 0 Å². The molecule has 0 aliphatic carbocycles. The Morgan fingerprint density at radius 1 is 1.43 bits per heavy atom. The third kappa shape index (κ3) is 1.71. The quantitative estimate of drug-likeness (QED) is 0.674. The fourth-order valence-electron chi connectivity index (χ4n) is 1.45. The lowest BCUT2D eigenvalue weighted by molar-refractivity contribution is -0.144. The number of benzene rings is 1. The molecule has 0 radical (unpaired) electrons. The van der Waals surface area contributed by atoms with Gasteiger partial charge in [0.2, 0.25) is 5.91 Å². The van der Waals surface area contributed by atoms with Gasteiger partial charge >= 0.3 is 0 Å². The molecule has 74 valence electrons. The number of β-lactam (4-membered cyclic amide) rings is 1. The maximum absolute atomic E-state index is 10.9. The minimum Gasteiger partial charge on any atom is -0.491 e. The third-order valence-corrected chi connectivity index (χ3v) is 2.54. The first-order valence-electron chi connectivity index (χ1n) is 4.71. The summed E-state index contributed by atoms with van der Waals surface area (Å²) in [4.78, 5) is 12.6. The SMILES string of the molecule is CN1C(=O)C[C@@H]1COc1ccccc1.